The quantitative estimate of drug-likeness (QED) is 0.843. The van der Waals surface area contributed by atoms with Crippen LogP contribution in [0.5, 0.6) is 5.75 Å². The number of nitrogens with zero attached hydrogens (tertiary/aromatic N) is 1. The van der Waals surface area contributed by atoms with Gasteiger partial charge in [0.25, 0.3) is 0 Å². The van der Waals surface area contributed by atoms with Gasteiger partial charge in [-0.25, -0.2) is 4.98 Å². The van der Waals surface area contributed by atoms with E-state index in [0.717, 1.165) is 44.2 Å². The average Bonchev–Trinajstić information content (AvgIpc) is 2.81. The molecule has 1 aliphatic rings. The molecular formula is C16H18BrNO2S. The van der Waals surface area contributed by atoms with Gasteiger partial charge in [-0.3, -0.25) is 0 Å². The molecule has 1 unspecified atom stereocenters. The SMILES string of the molecule is COc1ccc(-c2nc3c(s2)C(O)CC(C)(C)C3)cc1Br. The van der Waals surface area contributed by atoms with Gasteiger partial charge in [-0.2, -0.15) is 0 Å². The molecule has 0 fully saturated rings. The lowest BCUT2D eigenvalue weighted by atomic mass is 9.77. The monoisotopic (exact) mass is 367 g/mol. The van der Waals surface area contributed by atoms with E-state index in [9.17, 15) is 5.11 Å². The Hall–Kier alpha value is -0.910. The van der Waals surface area contributed by atoms with Crippen molar-refractivity contribution in [3.63, 3.8) is 0 Å². The van der Waals surface area contributed by atoms with Crippen LogP contribution < -0.4 is 4.74 Å². The zero-order valence-corrected chi connectivity index (χ0v) is 14.7. The van der Waals surface area contributed by atoms with Crippen LogP contribution in [0.2, 0.25) is 0 Å². The van der Waals surface area contributed by atoms with Gasteiger partial charge in [0.05, 0.1) is 28.3 Å². The van der Waals surface area contributed by atoms with E-state index in [-0.39, 0.29) is 5.41 Å². The van der Waals surface area contributed by atoms with E-state index in [0.29, 0.717) is 0 Å². The van der Waals surface area contributed by atoms with Crippen LogP contribution in [0.15, 0.2) is 22.7 Å². The third-order valence-electron chi connectivity index (χ3n) is 3.82. The van der Waals surface area contributed by atoms with E-state index >= 15 is 0 Å². The molecule has 0 radical (unpaired) electrons. The highest BCUT2D eigenvalue weighted by Crippen LogP contribution is 2.45. The van der Waals surface area contributed by atoms with E-state index in [1.54, 1.807) is 18.4 Å². The smallest absolute Gasteiger partial charge is 0.133 e. The Balaban J connectivity index is 2.00. The van der Waals surface area contributed by atoms with Crippen molar-refractivity contribution in [3.8, 4) is 16.3 Å². The largest absolute Gasteiger partial charge is 0.496 e. The second-order valence-electron chi connectivity index (χ2n) is 6.24. The molecule has 1 heterocycles. The van der Waals surface area contributed by atoms with Gasteiger partial charge in [-0.05, 0) is 52.4 Å². The summed E-state index contributed by atoms with van der Waals surface area (Å²) in [5, 5.41) is 11.3. The molecule has 1 aliphatic carbocycles. The molecule has 5 heteroatoms. The van der Waals surface area contributed by atoms with Crippen LogP contribution in [0.4, 0.5) is 0 Å². The molecule has 1 aromatic carbocycles. The van der Waals surface area contributed by atoms with Crippen LogP contribution in [0.25, 0.3) is 10.6 Å². The van der Waals surface area contributed by atoms with Gasteiger partial charge in [0.15, 0.2) is 0 Å². The predicted molar refractivity (Wildman–Crippen MR) is 88.9 cm³/mol. The van der Waals surface area contributed by atoms with Crippen LogP contribution in [0, 0.1) is 5.41 Å². The number of fused-ring (bicyclic) bond motifs is 1. The Morgan fingerprint density at radius 2 is 2.19 bits per heavy atom. The lowest BCUT2D eigenvalue weighted by Crippen LogP contribution is -2.24. The summed E-state index contributed by atoms with van der Waals surface area (Å²) in [5.74, 6) is 0.807. The maximum atomic E-state index is 10.3. The molecule has 1 aromatic heterocycles. The molecular weight excluding hydrogens is 350 g/mol. The minimum Gasteiger partial charge on any atom is -0.496 e. The third kappa shape index (κ3) is 2.87. The fraction of sp³-hybridized carbons (Fsp3) is 0.438. The number of ether oxygens (including phenoxy) is 1. The molecule has 0 amide bonds. The van der Waals surface area contributed by atoms with Crippen molar-refractivity contribution in [2.45, 2.75) is 32.8 Å². The highest BCUT2D eigenvalue weighted by atomic mass is 79.9. The summed E-state index contributed by atoms with van der Waals surface area (Å²) < 4.78 is 6.17. The van der Waals surface area contributed by atoms with Crippen molar-refractivity contribution < 1.29 is 9.84 Å². The van der Waals surface area contributed by atoms with Gasteiger partial charge in [0, 0.05) is 5.56 Å². The molecule has 0 saturated heterocycles. The first-order valence-corrected chi connectivity index (χ1v) is 8.52. The molecule has 0 spiro atoms. The average molecular weight is 368 g/mol. The topological polar surface area (TPSA) is 42.4 Å². The number of aliphatic hydroxyl groups is 1. The van der Waals surface area contributed by atoms with Crippen molar-refractivity contribution in [1.29, 1.82) is 0 Å². The number of aliphatic hydroxyl groups excluding tert-OH is 1. The molecule has 3 rings (SSSR count). The van der Waals surface area contributed by atoms with Crippen LogP contribution in [-0.2, 0) is 6.42 Å². The van der Waals surface area contributed by atoms with Crippen molar-refractivity contribution in [2.24, 2.45) is 5.41 Å². The fourth-order valence-electron chi connectivity index (χ4n) is 2.82. The molecule has 21 heavy (non-hydrogen) atoms. The number of thiazole rings is 1. The van der Waals surface area contributed by atoms with Crippen LogP contribution in [0.1, 0.15) is 36.9 Å². The zero-order valence-electron chi connectivity index (χ0n) is 12.3. The summed E-state index contributed by atoms with van der Waals surface area (Å²) in [6.45, 7) is 4.37. The summed E-state index contributed by atoms with van der Waals surface area (Å²) in [6, 6.07) is 5.95. The Morgan fingerprint density at radius 3 is 2.86 bits per heavy atom. The fourth-order valence-corrected chi connectivity index (χ4v) is 4.42. The summed E-state index contributed by atoms with van der Waals surface area (Å²) >= 11 is 5.11. The number of benzene rings is 1. The lowest BCUT2D eigenvalue weighted by molar-refractivity contribution is 0.102. The number of hydrogen-bond acceptors (Lipinski definition) is 4. The second-order valence-corrected chi connectivity index (χ2v) is 8.13. The first-order valence-electron chi connectivity index (χ1n) is 6.91. The number of methoxy groups -OCH3 is 1. The maximum absolute atomic E-state index is 10.3. The van der Waals surface area contributed by atoms with Gasteiger partial charge in [0.1, 0.15) is 10.8 Å². The molecule has 1 N–H and O–H groups in total. The van der Waals surface area contributed by atoms with Crippen molar-refractivity contribution in [3.05, 3.63) is 33.2 Å². The van der Waals surface area contributed by atoms with E-state index in [4.69, 9.17) is 9.72 Å². The Bertz CT molecular complexity index is 681. The second kappa shape index (κ2) is 5.38. The van der Waals surface area contributed by atoms with Crippen LogP contribution >= 0.6 is 27.3 Å². The standard InChI is InChI=1S/C16H18BrNO2S/c1-16(2)7-11-14(12(19)8-16)21-15(18-11)9-4-5-13(20-3)10(17)6-9/h4-6,12,19H,7-8H2,1-3H3. The predicted octanol–water partition coefficient (Wildman–Crippen LogP) is 4.59. The first kappa shape index (κ1) is 15.0. The molecule has 0 bridgehead atoms. The van der Waals surface area contributed by atoms with Gasteiger partial charge in [-0.1, -0.05) is 13.8 Å². The zero-order chi connectivity index (χ0) is 15.2. The van der Waals surface area contributed by atoms with Crippen molar-refractivity contribution in [2.75, 3.05) is 7.11 Å². The van der Waals surface area contributed by atoms with Crippen molar-refractivity contribution >= 4 is 27.3 Å². The van der Waals surface area contributed by atoms with E-state index in [1.807, 2.05) is 18.2 Å². The molecule has 0 aliphatic heterocycles. The number of halogens is 1. The number of aromatic nitrogens is 1. The molecule has 0 saturated carbocycles. The number of rotatable bonds is 2. The van der Waals surface area contributed by atoms with Gasteiger partial charge < -0.3 is 9.84 Å². The van der Waals surface area contributed by atoms with Crippen molar-refractivity contribution in [1.82, 2.24) is 4.98 Å². The molecule has 2 aromatic rings. The number of hydrogen-bond donors (Lipinski definition) is 1. The highest BCUT2D eigenvalue weighted by Gasteiger charge is 2.34. The minimum absolute atomic E-state index is 0.109. The first-order chi connectivity index (χ1) is 9.89. The Labute approximate surface area is 137 Å². The Morgan fingerprint density at radius 1 is 1.43 bits per heavy atom. The van der Waals surface area contributed by atoms with Crippen LogP contribution in [-0.4, -0.2) is 17.2 Å². The van der Waals surface area contributed by atoms with Crippen LogP contribution in [0.3, 0.4) is 0 Å². The lowest BCUT2D eigenvalue weighted by Gasteiger charge is -2.31. The molecule has 3 nitrogen and oxygen atoms in total. The van der Waals surface area contributed by atoms with Gasteiger partial charge >= 0.3 is 0 Å². The third-order valence-corrected chi connectivity index (χ3v) is 5.69. The highest BCUT2D eigenvalue weighted by molar-refractivity contribution is 9.10. The maximum Gasteiger partial charge on any atom is 0.133 e. The summed E-state index contributed by atoms with van der Waals surface area (Å²) in [4.78, 5) is 5.78. The summed E-state index contributed by atoms with van der Waals surface area (Å²) in [7, 11) is 1.65. The summed E-state index contributed by atoms with van der Waals surface area (Å²) in [6.07, 6.45) is 1.33. The van der Waals surface area contributed by atoms with E-state index in [2.05, 4.69) is 29.8 Å². The Kier molecular flexibility index (Phi) is 3.84. The minimum atomic E-state index is -0.392. The van der Waals surface area contributed by atoms with E-state index in [1.165, 1.54) is 0 Å². The normalized spacial score (nSPS) is 20.1. The molecule has 1 atom stereocenters. The van der Waals surface area contributed by atoms with Gasteiger partial charge in [-0.15, -0.1) is 11.3 Å². The summed E-state index contributed by atoms with van der Waals surface area (Å²) in [5.41, 5.74) is 2.20. The van der Waals surface area contributed by atoms with Gasteiger partial charge in [0.2, 0.25) is 0 Å². The molecule has 112 valence electrons. The van der Waals surface area contributed by atoms with E-state index < -0.39 is 6.10 Å².